The summed E-state index contributed by atoms with van der Waals surface area (Å²) in [6.45, 7) is 5.35. The van der Waals surface area contributed by atoms with Crippen molar-refractivity contribution in [3.63, 3.8) is 0 Å². The molecule has 1 aliphatic rings. The van der Waals surface area contributed by atoms with E-state index >= 15 is 0 Å². The second-order valence-electron chi connectivity index (χ2n) is 5.87. The fourth-order valence-electron chi connectivity index (χ4n) is 2.63. The molecule has 0 bridgehead atoms. The van der Waals surface area contributed by atoms with E-state index in [2.05, 4.69) is 0 Å². The number of carbonyl (C=O) groups is 1. The number of nitrogens with zero attached hydrogens (tertiary/aromatic N) is 2. The molecule has 7 heteroatoms. The Kier molecular flexibility index (Phi) is 4.88. The molecule has 1 fully saturated rings. The molecule has 1 atom stereocenters. The quantitative estimate of drug-likeness (QED) is 0.853. The van der Waals surface area contributed by atoms with E-state index in [1.54, 1.807) is 29.7 Å². The number of aromatic nitrogens is 1. The molecule has 5 nitrogen and oxygen atoms in total. The van der Waals surface area contributed by atoms with Gasteiger partial charge in [0.1, 0.15) is 10.8 Å². The highest BCUT2D eigenvalue weighted by Crippen LogP contribution is 2.28. The van der Waals surface area contributed by atoms with Gasteiger partial charge in [0.25, 0.3) is 5.91 Å². The number of hydrogen-bond donors (Lipinski definition) is 0. The van der Waals surface area contributed by atoms with Crippen molar-refractivity contribution < 1.29 is 14.3 Å². The third-order valence-electron chi connectivity index (χ3n) is 3.46. The van der Waals surface area contributed by atoms with Crippen LogP contribution in [0.1, 0.15) is 24.3 Å². The summed E-state index contributed by atoms with van der Waals surface area (Å²) in [5.74, 6) is -0.108. The average Bonchev–Trinajstić information content (AvgIpc) is 2.64. The normalized spacial score (nSPS) is 21.6. The minimum absolute atomic E-state index is 0.108. The third-order valence-corrected chi connectivity index (χ3v) is 4.30. The summed E-state index contributed by atoms with van der Waals surface area (Å²) in [4.78, 5) is 14.5. The zero-order valence-corrected chi connectivity index (χ0v) is 14.2. The number of rotatable bonds is 3. The predicted molar refractivity (Wildman–Crippen MR) is 82.2 cm³/mol. The van der Waals surface area contributed by atoms with Gasteiger partial charge in [-0.05, 0) is 19.9 Å². The van der Waals surface area contributed by atoms with Crippen molar-refractivity contribution in [1.29, 1.82) is 0 Å². The molecule has 0 N–H and O–H groups in total. The lowest BCUT2D eigenvalue weighted by atomic mass is 10.0. The maximum Gasteiger partial charge on any atom is 0.270 e. The molecule has 0 spiro atoms. The lowest BCUT2D eigenvalue weighted by molar-refractivity contribution is -0.143. The molecule has 1 aromatic heterocycles. The average molecular weight is 335 g/mol. The lowest BCUT2D eigenvalue weighted by Gasteiger charge is -2.42. The zero-order valence-electron chi connectivity index (χ0n) is 12.7. The summed E-state index contributed by atoms with van der Waals surface area (Å²) < 4.78 is 12.7. The van der Waals surface area contributed by atoms with Gasteiger partial charge in [0.05, 0.1) is 23.3 Å². The molecule has 0 saturated carbocycles. The van der Waals surface area contributed by atoms with Crippen molar-refractivity contribution in [3.8, 4) is 0 Å². The van der Waals surface area contributed by atoms with Crippen molar-refractivity contribution in [2.45, 2.75) is 25.6 Å². The van der Waals surface area contributed by atoms with Crippen LogP contribution >= 0.6 is 23.2 Å². The summed E-state index contributed by atoms with van der Waals surface area (Å²) in [5, 5.41) is 0.740. The number of ether oxygens (including phenoxy) is 2. The Morgan fingerprint density at radius 2 is 2.19 bits per heavy atom. The molecule has 0 aromatic carbocycles. The molecule has 1 aromatic rings. The second kappa shape index (κ2) is 6.16. The molecule has 2 rings (SSSR count). The zero-order chi connectivity index (χ0) is 15.8. The summed E-state index contributed by atoms with van der Waals surface area (Å²) in [5.41, 5.74) is 0.0504. The van der Waals surface area contributed by atoms with Crippen LogP contribution in [0.15, 0.2) is 6.07 Å². The van der Waals surface area contributed by atoms with Gasteiger partial charge in [0, 0.05) is 27.2 Å². The van der Waals surface area contributed by atoms with Crippen LogP contribution in [-0.4, -0.2) is 53.9 Å². The topological polar surface area (TPSA) is 43.7 Å². The SMILES string of the molecule is COC[C@@H]1CN(C(=O)c2cc(Cl)c(Cl)n2C)CC(C)(C)O1. The van der Waals surface area contributed by atoms with Crippen molar-refractivity contribution in [2.24, 2.45) is 7.05 Å². The molecule has 2 heterocycles. The first-order valence-corrected chi connectivity index (χ1v) is 7.47. The van der Waals surface area contributed by atoms with Gasteiger partial charge in [0.15, 0.2) is 0 Å². The molecule has 21 heavy (non-hydrogen) atoms. The Balaban J connectivity index is 2.23. The van der Waals surface area contributed by atoms with Gasteiger partial charge in [0.2, 0.25) is 0 Å². The maximum atomic E-state index is 12.7. The molecule has 0 unspecified atom stereocenters. The van der Waals surface area contributed by atoms with E-state index < -0.39 is 5.60 Å². The van der Waals surface area contributed by atoms with E-state index in [-0.39, 0.29) is 12.0 Å². The van der Waals surface area contributed by atoms with Crippen LogP contribution in [0, 0.1) is 0 Å². The minimum Gasteiger partial charge on any atom is -0.382 e. The highest BCUT2D eigenvalue weighted by Gasteiger charge is 2.36. The fourth-order valence-corrected chi connectivity index (χ4v) is 3.01. The van der Waals surface area contributed by atoms with E-state index in [1.807, 2.05) is 13.8 Å². The molecule has 1 aliphatic heterocycles. The first-order chi connectivity index (χ1) is 9.75. The fraction of sp³-hybridized carbons (Fsp3) is 0.643. The molecule has 0 aliphatic carbocycles. The first-order valence-electron chi connectivity index (χ1n) is 6.72. The van der Waals surface area contributed by atoms with Gasteiger partial charge in [-0.1, -0.05) is 23.2 Å². The van der Waals surface area contributed by atoms with Crippen molar-refractivity contribution in [3.05, 3.63) is 21.9 Å². The monoisotopic (exact) mass is 334 g/mol. The van der Waals surface area contributed by atoms with Gasteiger partial charge in [-0.3, -0.25) is 4.79 Å². The smallest absolute Gasteiger partial charge is 0.270 e. The van der Waals surface area contributed by atoms with Gasteiger partial charge in [-0.25, -0.2) is 0 Å². The van der Waals surface area contributed by atoms with Gasteiger partial charge in [-0.15, -0.1) is 0 Å². The Labute approximate surface area is 134 Å². The molecule has 118 valence electrons. The Bertz CT molecular complexity index is 543. The van der Waals surface area contributed by atoms with Gasteiger partial charge in [-0.2, -0.15) is 0 Å². The molecular formula is C14H20Cl2N2O3. The molecule has 1 amide bonds. The van der Waals surface area contributed by atoms with Crippen molar-refractivity contribution >= 4 is 29.1 Å². The number of amides is 1. The van der Waals surface area contributed by atoms with Crippen molar-refractivity contribution in [1.82, 2.24) is 9.47 Å². The summed E-state index contributed by atoms with van der Waals surface area (Å²) >= 11 is 12.0. The van der Waals surface area contributed by atoms with E-state index in [4.69, 9.17) is 32.7 Å². The predicted octanol–water partition coefficient (Wildman–Crippen LogP) is 2.60. The van der Waals surface area contributed by atoms with Gasteiger partial charge < -0.3 is 18.9 Å². The molecular weight excluding hydrogens is 315 g/mol. The highest BCUT2D eigenvalue weighted by atomic mass is 35.5. The van der Waals surface area contributed by atoms with Crippen LogP contribution in [0.2, 0.25) is 10.2 Å². The maximum absolute atomic E-state index is 12.7. The molecule has 0 radical (unpaired) electrons. The number of carbonyl (C=O) groups excluding carboxylic acids is 1. The Hall–Kier alpha value is -0.750. The Morgan fingerprint density at radius 1 is 1.52 bits per heavy atom. The Morgan fingerprint density at radius 3 is 2.71 bits per heavy atom. The summed E-state index contributed by atoms with van der Waals surface area (Å²) in [6.07, 6.45) is -0.145. The van der Waals surface area contributed by atoms with E-state index in [1.165, 1.54) is 0 Å². The third kappa shape index (κ3) is 3.54. The largest absolute Gasteiger partial charge is 0.382 e. The molecule has 1 saturated heterocycles. The first kappa shape index (κ1) is 16.6. The van der Waals surface area contributed by atoms with Crippen LogP contribution in [-0.2, 0) is 16.5 Å². The highest BCUT2D eigenvalue weighted by molar-refractivity contribution is 6.41. The second-order valence-corrected chi connectivity index (χ2v) is 6.63. The van der Waals surface area contributed by atoms with E-state index in [0.29, 0.717) is 35.6 Å². The number of hydrogen-bond acceptors (Lipinski definition) is 3. The van der Waals surface area contributed by atoms with Crippen LogP contribution in [0.5, 0.6) is 0 Å². The van der Waals surface area contributed by atoms with Gasteiger partial charge >= 0.3 is 0 Å². The van der Waals surface area contributed by atoms with Crippen LogP contribution in [0.25, 0.3) is 0 Å². The summed E-state index contributed by atoms with van der Waals surface area (Å²) in [6, 6.07) is 1.60. The minimum atomic E-state index is -0.421. The van der Waals surface area contributed by atoms with Crippen LogP contribution in [0.3, 0.4) is 0 Å². The number of morpholine rings is 1. The standard InChI is InChI=1S/C14H20Cl2N2O3/c1-14(2)8-18(6-9(21-14)7-20-4)13(19)11-5-10(15)12(16)17(11)3/h5,9H,6-8H2,1-4H3/t9-/m0/s1. The van der Waals surface area contributed by atoms with E-state index in [0.717, 1.165) is 0 Å². The number of halogens is 2. The number of methoxy groups -OCH3 is 1. The van der Waals surface area contributed by atoms with E-state index in [9.17, 15) is 4.79 Å². The van der Waals surface area contributed by atoms with Crippen LogP contribution < -0.4 is 0 Å². The summed E-state index contributed by atoms with van der Waals surface area (Å²) in [7, 11) is 3.34. The lowest BCUT2D eigenvalue weighted by Crippen LogP contribution is -2.55. The van der Waals surface area contributed by atoms with Crippen molar-refractivity contribution in [2.75, 3.05) is 26.8 Å². The van der Waals surface area contributed by atoms with Crippen LogP contribution in [0.4, 0.5) is 0 Å².